The Labute approximate surface area is 148 Å². The van der Waals surface area contributed by atoms with Gasteiger partial charge in [0.15, 0.2) is 0 Å². The maximum absolute atomic E-state index is 6.15. The van der Waals surface area contributed by atoms with Crippen molar-refractivity contribution in [2.45, 2.75) is 30.6 Å². The second-order valence-electron chi connectivity index (χ2n) is 5.59. The third kappa shape index (κ3) is 2.93. The molecule has 23 heavy (non-hydrogen) atoms. The molecule has 0 spiro atoms. The molecule has 2 aromatic heterocycles. The number of fused-ring (bicyclic) bond motifs is 3. The third-order valence-corrected chi connectivity index (χ3v) is 6.20. The topological polar surface area (TPSA) is 37.8 Å². The van der Waals surface area contributed by atoms with Gasteiger partial charge < -0.3 is 5.32 Å². The minimum Gasteiger partial charge on any atom is -0.340 e. The van der Waals surface area contributed by atoms with Gasteiger partial charge in [0.05, 0.1) is 5.39 Å². The zero-order chi connectivity index (χ0) is 15.8. The van der Waals surface area contributed by atoms with Crippen LogP contribution in [0.15, 0.2) is 29.2 Å². The van der Waals surface area contributed by atoms with Crippen molar-refractivity contribution in [3.05, 3.63) is 40.0 Å². The van der Waals surface area contributed by atoms with Gasteiger partial charge in [-0.3, -0.25) is 0 Å². The molecule has 0 saturated carbocycles. The largest absolute Gasteiger partial charge is 0.340 e. The van der Waals surface area contributed by atoms with Crippen LogP contribution < -0.4 is 5.32 Å². The molecule has 3 nitrogen and oxygen atoms in total. The van der Waals surface area contributed by atoms with Crippen molar-refractivity contribution in [2.24, 2.45) is 0 Å². The summed E-state index contributed by atoms with van der Waals surface area (Å²) in [5.74, 6) is 0.831. The summed E-state index contributed by atoms with van der Waals surface area (Å²) in [6.07, 6.45) is 6.84. The highest BCUT2D eigenvalue weighted by atomic mass is 35.5. The molecule has 2 heterocycles. The maximum atomic E-state index is 6.15. The fraction of sp³-hybridized carbons (Fsp3) is 0.294. The number of nitrogens with zero attached hydrogens (tertiary/aromatic N) is 2. The number of anilines is 2. The number of rotatable bonds is 3. The molecule has 6 heteroatoms. The number of nitrogens with one attached hydrogen (secondary N) is 1. The summed E-state index contributed by atoms with van der Waals surface area (Å²) in [5.41, 5.74) is 2.44. The number of hydrogen-bond donors (Lipinski definition) is 1. The highest BCUT2D eigenvalue weighted by Crippen LogP contribution is 2.40. The van der Waals surface area contributed by atoms with Crippen molar-refractivity contribution in [1.82, 2.24) is 9.97 Å². The monoisotopic (exact) mass is 361 g/mol. The van der Waals surface area contributed by atoms with Crippen LogP contribution in [0, 0.1) is 0 Å². The molecule has 0 fully saturated rings. The van der Waals surface area contributed by atoms with Crippen LogP contribution in [0.3, 0.4) is 0 Å². The van der Waals surface area contributed by atoms with E-state index in [2.05, 4.69) is 45.8 Å². The highest BCUT2D eigenvalue weighted by Gasteiger charge is 2.21. The molecule has 0 amide bonds. The molecule has 0 aliphatic heterocycles. The van der Waals surface area contributed by atoms with E-state index in [0.717, 1.165) is 34.6 Å². The van der Waals surface area contributed by atoms with Crippen LogP contribution in [-0.2, 0) is 12.8 Å². The lowest BCUT2D eigenvalue weighted by Crippen LogP contribution is -2.01. The second-order valence-corrected chi connectivity index (χ2v) is 7.89. The first-order valence-electron chi connectivity index (χ1n) is 7.63. The molecule has 4 rings (SSSR count). The quantitative estimate of drug-likeness (QED) is 0.480. The summed E-state index contributed by atoms with van der Waals surface area (Å²) < 4.78 is 0. The van der Waals surface area contributed by atoms with E-state index in [4.69, 9.17) is 11.6 Å². The van der Waals surface area contributed by atoms with Crippen LogP contribution in [0.1, 0.15) is 23.3 Å². The van der Waals surface area contributed by atoms with E-state index in [0.29, 0.717) is 5.28 Å². The summed E-state index contributed by atoms with van der Waals surface area (Å²) in [4.78, 5) is 12.6. The van der Waals surface area contributed by atoms with Crippen molar-refractivity contribution < 1.29 is 0 Å². The molecule has 1 aliphatic carbocycles. The normalized spacial score (nSPS) is 14.0. The van der Waals surface area contributed by atoms with E-state index in [1.807, 2.05) is 0 Å². The first-order chi connectivity index (χ1) is 11.2. The number of aromatic nitrogens is 2. The molecule has 1 aliphatic rings. The molecule has 0 bridgehead atoms. The Bertz CT molecular complexity index is 876. The zero-order valence-corrected chi connectivity index (χ0v) is 15.1. The molecule has 0 unspecified atom stereocenters. The van der Waals surface area contributed by atoms with Gasteiger partial charge in [-0.2, -0.15) is 4.98 Å². The molecule has 1 aromatic carbocycles. The minimum absolute atomic E-state index is 0.305. The average Bonchev–Trinajstić information content (AvgIpc) is 2.93. The Morgan fingerprint density at radius 3 is 2.96 bits per heavy atom. The molecule has 0 saturated heterocycles. The van der Waals surface area contributed by atoms with Crippen molar-refractivity contribution >= 4 is 56.4 Å². The number of aryl methyl sites for hydroxylation is 2. The zero-order valence-electron chi connectivity index (χ0n) is 12.7. The van der Waals surface area contributed by atoms with Gasteiger partial charge in [-0.1, -0.05) is 6.07 Å². The standard InChI is InChI=1S/C17H16ClN3S2/c1-22-11-6-4-5-10(9-11)19-15-14-12-7-2-3-8-13(12)23-16(14)21-17(18)20-15/h4-6,9H,2-3,7-8H2,1H3,(H,19,20,21). The van der Waals surface area contributed by atoms with Gasteiger partial charge in [0.2, 0.25) is 5.28 Å². The van der Waals surface area contributed by atoms with E-state index in [-0.39, 0.29) is 0 Å². The molecule has 0 atom stereocenters. The van der Waals surface area contributed by atoms with E-state index >= 15 is 0 Å². The summed E-state index contributed by atoms with van der Waals surface area (Å²) in [7, 11) is 0. The van der Waals surface area contributed by atoms with Crippen LogP contribution in [-0.4, -0.2) is 16.2 Å². The van der Waals surface area contributed by atoms with E-state index in [9.17, 15) is 0 Å². The second kappa shape index (κ2) is 6.30. The van der Waals surface area contributed by atoms with Crippen molar-refractivity contribution in [3.63, 3.8) is 0 Å². The van der Waals surface area contributed by atoms with Gasteiger partial charge in [0.25, 0.3) is 0 Å². The van der Waals surface area contributed by atoms with E-state index in [1.54, 1.807) is 23.1 Å². The van der Waals surface area contributed by atoms with Crippen LogP contribution in [0.25, 0.3) is 10.2 Å². The minimum atomic E-state index is 0.305. The molecule has 0 radical (unpaired) electrons. The summed E-state index contributed by atoms with van der Waals surface area (Å²) in [5, 5.41) is 4.92. The predicted octanol–water partition coefficient (Wildman–Crippen LogP) is 5.69. The van der Waals surface area contributed by atoms with Gasteiger partial charge in [0, 0.05) is 15.5 Å². The summed E-state index contributed by atoms with van der Waals surface area (Å²) in [6.45, 7) is 0. The van der Waals surface area contributed by atoms with Crippen LogP contribution in [0.4, 0.5) is 11.5 Å². The van der Waals surface area contributed by atoms with Crippen LogP contribution in [0.2, 0.25) is 5.28 Å². The lowest BCUT2D eigenvalue weighted by atomic mass is 9.97. The number of benzene rings is 1. The molecular formula is C17H16ClN3S2. The SMILES string of the molecule is CSc1cccc(Nc2nc(Cl)nc3sc4c(c23)CCCC4)c1. The summed E-state index contributed by atoms with van der Waals surface area (Å²) in [6, 6.07) is 8.34. The molecule has 118 valence electrons. The Balaban J connectivity index is 1.83. The van der Waals surface area contributed by atoms with Gasteiger partial charge in [-0.25, -0.2) is 4.98 Å². The number of thiophene rings is 1. The maximum Gasteiger partial charge on any atom is 0.225 e. The molecular weight excluding hydrogens is 346 g/mol. The van der Waals surface area contributed by atoms with Gasteiger partial charge >= 0.3 is 0 Å². The predicted molar refractivity (Wildman–Crippen MR) is 101 cm³/mol. The lowest BCUT2D eigenvalue weighted by Gasteiger charge is -2.13. The Morgan fingerprint density at radius 1 is 1.22 bits per heavy atom. The third-order valence-electron chi connectivity index (χ3n) is 4.12. The smallest absolute Gasteiger partial charge is 0.225 e. The number of hydrogen-bond acceptors (Lipinski definition) is 5. The number of thioether (sulfide) groups is 1. The van der Waals surface area contributed by atoms with Gasteiger partial charge in [0.1, 0.15) is 10.6 Å². The summed E-state index contributed by atoms with van der Waals surface area (Å²) >= 11 is 9.65. The van der Waals surface area contributed by atoms with Gasteiger partial charge in [-0.15, -0.1) is 23.1 Å². The van der Waals surface area contributed by atoms with E-state index in [1.165, 1.54) is 28.2 Å². The van der Waals surface area contributed by atoms with Crippen LogP contribution >= 0.6 is 34.7 Å². The van der Waals surface area contributed by atoms with Crippen molar-refractivity contribution in [2.75, 3.05) is 11.6 Å². The van der Waals surface area contributed by atoms with Crippen LogP contribution in [0.5, 0.6) is 0 Å². The first kappa shape index (κ1) is 15.2. The average molecular weight is 362 g/mol. The van der Waals surface area contributed by atoms with Crippen molar-refractivity contribution in [1.29, 1.82) is 0 Å². The fourth-order valence-corrected chi connectivity index (χ4v) is 5.00. The molecule has 3 aromatic rings. The Hall–Kier alpha value is -1.30. The van der Waals surface area contributed by atoms with E-state index < -0.39 is 0 Å². The molecule has 1 N–H and O–H groups in total. The fourth-order valence-electron chi connectivity index (χ4n) is 3.06. The Kier molecular flexibility index (Phi) is 4.18. The number of halogens is 1. The highest BCUT2D eigenvalue weighted by molar-refractivity contribution is 7.98. The van der Waals surface area contributed by atoms with Gasteiger partial charge in [-0.05, 0) is 67.3 Å². The Morgan fingerprint density at radius 2 is 2.09 bits per heavy atom. The first-order valence-corrected chi connectivity index (χ1v) is 10.1. The lowest BCUT2D eigenvalue weighted by molar-refractivity contribution is 0.700. The van der Waals surface area contributed by atoms with Crippen molar-refractivity contribution in [3.8, 4) is 0 Å².